The van der Waals surface area contributed by atoms with Crippen molar-refractivity contribution >= 4 is 71.6 Å². The first kappa shape index (κ1) is 34.4. The minimum atomic E-state index is -4.82. The minimum Gasteiger partial charge on any atom is -0.507 e. The largest absolute Gasteiger partial charge is 0.507 e. The average Bonchev–Trinajstić information content (AvgIpc) is 3.02. The van der Waals surface area contributed by atoms with E-state index in [1.54, 1.807) is 6.07 Å². The lowest BCUT2D eigenvalue weighted by Gasteiger charge is -2.18. The number of hydrogen-bond acceptors (Lipinski definition) is 14. The van der Waals surface area contributed by atoms with Crippen LogP contribution < -0.4 is 21.2 Å². The molecular weight excluding hydrogens is 684 g/mol. The molecule has 0 saturated carbocycles. The number of nitrogens with zero attached hydrogens (tertiary/aromatic N) is 5. The molecule has 0 aliphatic rings. The van der Waals surface area contributed by atoms with Crippen molar-refractivity contribution in [2.45, 2.75) is 16.3 Å². The molecule has 0 radical (unpaired) electrons. The van der Waals surface area contributed by atoms with E-state index in [1.165, 1.54) is 61.5 Å². The van der Waals surface area contributed by atoms with Crippen molar-refractivity contribution in [1.82, 2.24) is 15.0 Å². The number of phenols is 1. The molecule has 254 valence electrons. The molecule has 5 rings (SSSR count). The summed E-state index contributed by atoms with van der Waals surface area (Å²) in [6.45, 7) is -0.0296. The van der Waals surface area contributed by atoms with Gasteiger partial charge in [-0.25, -0.2) is 9.59 Å². The first-order valence-electron chi connectivity index (χ1n) is 13.8. The Kier molecular flexibility index (Phi) is 9.31. The second kappa shape index (κ2) is 13.3. The van der Waals surface area contributed by atoms with Crippen LogP contribution in [-0.4, -0.2) is 71.2 Å². The first-order valence-corrected chi connectivity index (χ1v) is 16.7. The lowest BCUT2D eigenvalue weighted by Crippen LogP contribution is -2.25. The van der Waals surface area contributed by atoms with Gasteiger partial charge in [-0.2, -0.15) is 26.8 Å². The van der Waals surface area contributed by atoms with Crippen LogP contribution in [0.2, 0.25) is 0 Å². The lowest BCUT2D eigenvalue weighted by atomic mass is 10.1. The van der Waals surface area contributed by atoms with Crippen LogP contribution in [0.1, 0.15) is 15.9 Å². The number of azo groups is 1. The highest BCUT2D eigenvalue weighted by Gasteiger charge is 2.20. The van der Waals surface area contributed by atoms with Crippen molar-refractivity contribution in [3.05, 3.63) is 88.3 Å². The van der Waals surface area contributed by atoms with Crippen molar-refractivity contribution < 1.29 is 40.9 Å². The summed E-state index contributed by atoms with van der Waals surface area (Å²) in [6, 6.07) is 14.6. The number of nitrogens with one attached hydrogen (secondary N) is 3. The Bertz CT molecular complexity index is 2430. The summed E-state index contributed by atoms with van der Waals surface area (Å²) >= 11 is 0. The third-order valence-corrected chi connectivity index (χ3v) is 8.71. The fraction of sp³-hybridized carbons (Fsp3) is 0.103. The predicted molar refractivity (Wildman–Crippen MR) is 177 cm³/mol. The highest BCUT2D eigenvalue weighted by atomic mass is 32.2. The van der Waals surface area contributed by atoms with Crippen LogP contribution in [0, 0.1) is 0 Å². The van der Waals surface area contributed by atoms with Crippen molar-refractivity contribution in [3.63, 3.8) is 0 Å². The topological polar surface area (TPSA) is 277 Å². The highest BCUT2D eigenvalue weighted by Crippen LogP contribution is 2.42. The molecule has 0 spiro atoms. The molecule has 18 nitrogen and oxygen atoms in total. The molecule has 7 N–H and O–H groups in total. The number of aromatic amines is 1. The predicted octanol–water partition coefficient (Wildman–Crippen LogP) is 4.05. The van der Waals surface area contributed by atoms with Crippen LogP contribution in [0.25, 0.3) is 10.8 Å². The first-order chi connectivity index (χ1) is 23.0. The fourth-order valence-electron chi connectivity index (χ4n) is 4.77. The number of aromatic hydroxyl groups is 1. The molecule has 0 saturated heterocycles. The van der Waals surface area contributed by atoms with Crippen LogP contribution >= 0.6 is 0 Å². The van der Waals surface area contributed by atoms with Crippen molar-refractivity contribution in [1.29, 1.82) is 0 Å². The summed E-state index contributed by atoms with van der Waals surface area (Å²) in [5, 5.41) is 34.1. The Morgan fingerprint density at radius 3 is 2.35 bits per heavy atom. The Morgan fingerprint density at radius 2 is 1.67 bits per heavy atom. The quantitative estimate of drug-likeness (QED) is 0.0752. The van der Waals surface area contributed by atoms with E-state index < -0.39 is 47.4 Å². The summed E-state index contributed by atoms with van der Waals surface area (Å²) in [7, 11) is -6.42. The van der Waals surface area contributed by atoms with Gasteiger partial charge in [-0.3, -0.25) is 14.1 Å². The SMILES string of the molecule is CNc1ccc2cc(S(=O)(=O)O)cc(O)c2c1N=Nc1cc(CN(C)c2nc(Nc3ccccc3C(=O)O)[nH]c(=O)n2)ccc1S(=O)(=O)O. The molecule has 0 atom stereocenters. The van der Waals surface area contributed by atoms with Gasteiger partial charge in [0.25, 0.3) is 20.2 Å². The minimum absolute atomic E-state index is 0.0223. The standard InChI is InChI=1S/C29H26N8O10S2/c1-30-20-9-8-16-12-17(48(42,43)44)13-22(38)24(16)25(20)36-35-21-11-15(7-10-23(21)49(45,46)47)14-37(2)28-32-27(33-29(41)34-28)31-19-6-4-3-5-18(19)26(39)40/h3-13,30,38H,14H2,1-2H3,(H,39,40)(H,42,43,44)(H,45,46,47)(H2,31,32,33,34,41). The lowest BCUT2D eigenvalue weighted by molar-refractivity contribution is 0.0698. The number of para-hydroxylation sites is 1. The van der Waals surface area contributed by atoms with Gasteiger partial charge in [0.1, 0.15) is 22.0 Å². The van der Waals surface area contributed by atoms with Gasteiger partial charge in [0.15, 0.2) is 0 Å². The normalized spacial score (nSPS) is 11.9. The Hall–Kier alpha value is -5.96. The van der Waals surface area contributed by atoms with Gasteiger partial charge in [-0.1, -0.05) is 24.3 Å². The second-order valence-electron chi connectivity index (χ2n) is 10.3. The van der Waals surface area contributed by atoms with Crippen LogP contribution in [-0.2, 0) is 26.8 Å². The number of carboxylic acids is 1. The van der Waals surface area contributed by atoms with E-state index >= 15 is 0 Å². The maximum Gasteiger partial charge on any atom is 0.351 e. The maximum absolute atomic E-state index is 12.4. The summed E-state index contributed by atoms with van der Waals surface area (Å²) in [6.07, 6.45) is 0. The number of carboxylic acid groups (broad SMARTS) is 1. The van der Waals surface area contributed by atoms with E-state index in [0.717, 1.165) is 18.2 Å². The maximum atomic E-state index is 12.4. The number of benzene rings is 4. The molecule has 0 aliphatic heterocycles. The Balaban J connectivity index is 1.51. The third-order valence-electron chi connectivity index (χ3n) is 6.98. The van der Waals surface area contributed by atoms with Gasteiger partial charge in [0, 0.05) is 26.7 Å². The molecule has 1 aromatic heterocycles. The molecule has 1 heterocycles. The van der Waals surface area contributed by atoms with Crippen LogP contribution in [0.4, 0.5) is 34.6 Å². The van der Waals surface area contributed by atoms with Gasteiger partial charge in [-0.05, 0) is 47.3 Å². The number of carbonyl (C=O) groups is 1. The zero-order valence-corrected chi connectivity index (χ0v) is 27.0. The van der Waals surface area contributed by atoms with E-state index in [-0.39, 0.29) is 51.8 Å². The van der Waals surface area contributed by atoms with Crippen molar-refractivity contribution in [2.75, 3.05) is 29.6 Å². The molecule has 5 aromatic rings. The number of hydrogen-bond donors (Lipinski definition) is 7. The number of phenolic OH excluding ortho intramolecular Hbond substituents is 1. The third kappa shape index (κ3) is 7.62. The average molecular weight is 711 g/mol. The molecule has 0 unspecified atom stereocenters. The summed E-state index contributed by atoms with van der Waals surface area (Å²) in [5.74, 6) is -1.96. The van der Waals surface area contributed by atoms with Gasteiger partial charge < -0.3 is 25.7 Å². The number of fused-ring (bicyclic) bond motifs is 1. The molecule has 20 heteroatoms. The van der Waals surface area contributed by atoms with Gasteiger partial charge in [-0.15, -0.1) is 10.2 Å². The fourth-order valence-corrected chi connectivity index (χ4v) is 5.91. The summed E-state index contributed by atoms with van der Waals surface area (Å²) < 4.78 is 67.2. The molecule has 0 bridgehead atoms. The van der Waals surface area contributed by atoms with Gasteiger partial charge in [0.2, 0.25) is 11.9 Å². The molecule has 0 aliphatic carbocycles. The summed E-state index contributed by atoms with van der Waals surface area (Å²) in [5.41, 5.74) is -0.353. The Morgan fingerprint density at radius 1 is 0.939 bits per heavy atom. The van der Waals surface area contributed by atoms with E-state index in [0.29, 0.717) is 11.3 Å². The van der Waals surface area contributed by atoms with Crippen LogP contribution in [0.5, 0.6) is 5.75 Å². The molecule has 4 aromatic carbocycles. The van der Waals surface area contributed by atoms with Crippen LogP contribution in [0.3, 0.4) is 0 Å². The van der Waals surface area contributed by atoms with E-state index in [9.17, 15) is 45.7 Å². The molecule has 0 fully saturated rings. The Labute approximate surface area is 277 Å². The number of rotatable bonds is 11. The van der Waals surface area contributed by atoms with Gasteiger partial charge >= 0.3 is 11.7 Å². The molecule has 49 heavy (non-hydrogen) atoms. The number of H-pyrrole nitrogens is 1. The van der Waals surface area contributed by atoms with Gasteiger partial charge in [0.05, 0.1) is 27.2 Å². The number of aromatic carboxylic acids is 1. The second-order valence-corrected chi connectivity index (χ2v) is 13.2. The summed E-state index contributed by atoms with van der Waals surface area (Å²) in [4.78, 5) is 34.7. The van der Waals surface area contributed by atoms with E-state index in [4.69, 9.17) is 0 Å². The number of aromatic nitrogens is 3. The zero-order chi connectivity index (χ0) is 35.7. The van der Waals surface area contributed by atoms with Crippen molar-refractivity contribution in [3.8, 4) is 5.75 Å². The zero-order valence-electron chi connectivity index (χ0n) is 25.3. The molecule has 0 amide bonds. The number of anilines is 4. The molecular formula is C29H26N8O10S2. The monoisotopic (exact) mass is 710 g/mol. The smallest absolute Gasteiger partial charge is 0.351 e. The van der Waals surface area contributed by atoms with E-state index in [2.05, 4.69) is 35.8 Å². The highest BCUT2D eigenvalue weighted by molar-refractivity contribution is 7.86. The van der Waals surface area contributed by atoms with E-state index in [1.807, 2.05) is 0 Å². The van der Waals surface area contributed by atoms with Crippen LogP contribution in [0.15, 0.2) is 91.5 Å². The van der Waals surface area contributed by atoms with Crippen molar-refractivity contribution in [2.24, 2.45) is 10.2 Å².